The van der Waals surface area contributed by atoms with Crippen LogP contribution in [0.25, 0.3) is 0 Å². The number of Topliss-reactive ketones (excluding diaryl/α,β-unsaturated/α-hetero) is 1. The minimum Gasteiger partial charge on any atom is -0.457 e. The fourth-order valence-electron chi connectivity index (χ4n) is 7.08. The van der Waals surface area contributed by atoms with Gasteiger partial charge in [0, 0.05) is 30.1 Å². The molecule has 0 radical (unpaired) electrons. The predicted molar refractivity (Wildman–Crippen MR) is 109 cm³/mol. The summed E-state index contributed by atoms with van der Waals surface area (Å²) in [6.45, 7) is 5.50. The first-order valence-electron chi connectivity index (χ1n) is 11.4. The lowest BCUT2D eigenvalue weighted by atomic mass is 9.49. The molecule has 5 nitrogen and oxygen atoms in total. The molecule has 2 heterocycles. The third-order valence-electron chi connectivity index (χ3n) is 8.09. The average Bonchev–Trinajstić information content (AvgIpc) is 3.28. The van der Waals surface area contributed by atoms with Gasteiger partial charge in [0.1, 0.15) is 0 Å². The van der Waals surface area contributed by atoms with Crippen LogP contribution < -0.4 is 0 Å². The number of aryl methyl sites for hydroxylation is 1. The Labute approximate surface area is 173 Å². The Morgan fingerprint density at radius 1 is 1.14 bits per heavy atom. The zero-order valence-corrected chi connectivity index (χ0v) is 17.7. The van der Waals surface area contributed by atoms with E-state index < -0.39 is 0 Å². The second kappa shape index (κ2) is 7.26. The zero-order valence-electron chi connectivity index (χ0n) is 17.7. The molecule has 0 unspecified atom stereocenters. The predicted octanol–water partition coefficient (Wildman–Crippen LogP) is 4.23. The highest BCUT2D eigenvalue weighted by Gasteiger charge is 2.55. The van der Waals surface area contributed by atoms with Crippen molar-refractivity contribution in [2.45, 2.75) is 77.9 Å². The molecule has 0 spiro atoms. The highest BCUT2D eigenvalue weighted by molar-refractivity contribution is 5.99. The normalized spacial score (nSPS) is 35.2. The van der Waals surface area contributed by atoms with E-state index in [0.29, 0.717) is 23.3 Å². The Balaban J connectivity index is 1.24. The van der Waals surface area contributed by atoms with Crippen LogP contribution in [0.15, 0.2) is 6.07 Å². The number of nitrogens with zero attached hydrogens (tertiary/aromatic N) is 1. The number of hydrogen-bond donors (Lipinski definition) is 0. The molecular weight excluding hydrogens is 366 g/mol. The van der Waals surface area contributed by atoms with Crippen molar-refractivity contribution < 1.29 is 19.1 Å². The van der Waals surface area contributed by atoms with E-state index in [0.717, 1.165) is 56.6 Å². The van der Waals surface area contributed by atoms with Crippen LogP contribution in [0.3, 0.4) is 0 Å². The van der Waals surface area contributed by atoms with Crippen LogP contribution >= 0.6 is 0 Å². The molecule has 158 valence electrons. The van der Waals surface area contributed by atoms with E-state index in [1.54, 1.807) is 0 Å². The third kappa shape index (κ3) is 3.45. The van der Waals surface area contributed by atoms with E-state index in [9.17, 15) is 9.59 Å². The van der Waals surface area contributed by atoms with E-state index >= 15 is 0 Å². The first kappa shape index (κ1) is 19.3. The maximum atomic E-state index is 13.0. The first-order chi connectivity index (χ1) is 13.9. The number of carbonyl (C=O) groups excluding carboxylic acids is 2. The monoisotopic (exact) mass is 399 g/mol. The van der Waals surface area contributed by atoms with Crippen molar-refractivity contribution in [3.63, 3.8) is 0 Å². The number of carbonyl (C=O) groups is 2. The molecule has 1 aromatic heterocycles. The topological polar surface area (TPSA) is 57.5 Å². The van der Waals surface area contributed by atoms with Crippen molar-refractivity contribution in [2.24, 2.45) is 23.2 Å². The summed E-state index contributed by atoms with van der Waals surface area (Å²) in [5.74, 6) is 1.89. The van der Waals surface area contributed by atoms with Gasteiger partial charge in [-0.2, -0.15) is 0 Å². The molecule has 1 saturated heterocycles. The Morgan fingerprint density at radius 3 is 2.38 bits per heavy atom. The molecule has 4 saturated carbocycles. The van der Waals surface area contributed by atoms with Gasteiger partial charge in [0.15, 0.2) is 6.61 Å². The van der Waals surface area contributed by atoms with E-state index in [-0.39, 0.29) is 29.9 Å². The van der Waals surface area contributed by atoms with Crippen LogP contribution in [0.2, 0.25) is 0 Å². The third-order valence-corrected chi connectivity index (χ3v) is 8.09. The molecule has 0 amide bonds. The molecule has 29 heavy (non-hydrogen) atoms. The Bertz CT molecular complexity index is 782. The Hall–Kier alpha value is -1.62. The van der Waals surface area contributed by atoms with Gasteiger partial charge in [-0.1, -0.05) is 0 Å². The van der Waals surface area contributed by atoms with Crippen molar-refractivity contribution in [3.05, 3.63) is 23.0 Å². The lowest BCUT2D eigenvalue weighted by molar-refractivity contribution is -0.170. The molecule has 1 aliphatic heterocycles. The summed E-state index contributed by atoms with van der Waals surface area (Å²) < 4.78 is 13.6. The van der Waals surface area contributed by atoms with Crippen molar-refractivity contribution in [3.8, 4) is 0 Å². The van der Waals surface area contributed by atoms with Gasteiger partial charge in [0.05, 0.1) is 11.5 Å². The molecule has 0 aromatic carbocycles. The van der Waals surface area contributed by atoms with E-state index in [4.69, 9.17) is 9.47 Å². The Morgan fingerprint density at radius 2 is 1.79 bits per heavy atom. The molecule has 6 rings (SSSR count). The first-order valence-corrected chi connectivity index (χ1v) is 11.4. The van der Waals surface area contributed by atoms with Crippen LogP contribution in [-0.4, -0.2) is 35.6 Å². The van der Waals surface area contributed by atoms with Crippen molar-refractivity contribution >= 4 is 11.8 Å². The molecule has 5 heteroatoms. The number of rotatable bonds is 6. The van der Waals surface area contributed by atoms with Crippen LogP contribution in [0, 0.1) is 37.0 Å². The van der Waals surface area contributed by atoms with E-state index in [1.807, 2.05) is 19.9 Å². The van der Waals surface area contributed by atoms with E-state index in [1.165, 1.54) is 19.3 Å². The summed E-state index contributed by atoms with van der Waals surface area (Å²) in [5.41, 5.74) is 2.40. The van der Waals surface area contributed by atoms with Gasteiger partial charge in [-0.05, 0) is 89.0 Å². The van der Waals surface area contributed by atoms with Gasteiger partial charge in [-0.25, -0.2) is 0 Å². The van der Waals surface area contributed by atoms with Crippen LogP contribution in [0.5, 0.6) is 0 Å². The van der Waals surface area contributed by atoms with E-state index in [2.05, 4.69) is 4.57 Å². The average molecular weight is 400 g/mol. The minimum absolute atomic E-state index is 0.0882. The van der Waals surface area contributed by atoms with Crippen LogP contribution in [0.1, 0.15) is 73.1 Å². The highest BCUT2D eigenvalue weighted by atomic mass is 16.5. The summed E-state index contributed by atoms with van der Waals surface area (Å²) in [7, 11) is 0. The minimum atomic E-state index is -0.300. The summed E-state index contributed by atoms with van der Waals surface area (Å²) in [5, 5.41) is 0. The van der Waals surface area contributed by atoms with Crippen LogP contribution in [-0.2, 0) is 20.8 Å². The largest absolute Gasteiger partial charge is 0.457 e. The fraction of sp³-hybridized carbons (Fsp3) is 0.750. The highest BCUT2D eigenvalue weighted by Crippen LogP contribution is 2.60. The summed E-state index contributed by atoms with van der Waals surface area (Å²) in [6.07, 6.45) is 9.22. The fourth-order valence-corrected chi connectivity index (χ4v) is 7.08. The molecule has 4 aliphatic carbocycles. The second-order valence-corrected chi connectivity index (χ2v) is 10.2. The summed E-state index contributed by atoms with van der Waals surface area (Å²) >= 11 is 0. The van der Waals surface area contributed by atoms with Gasteiger partial charge in [-0.3, -0.25) is 9.59 Å². The molecule has 1 atom stereocenters. The SMILES string of the molecule is Cc1cc(C(=O)COC(=O)C23CC4CC(CC(C4)C2)C3)c(C)n1C[C@H]1CCCO1. The summed E-state index contributed by atoms with van der Waals surface area (Å²) in [4.78, 5) is 25.9. The number of ether oxygens (including phenoxy) is 2. The van der Waals surface area contributed by atoms with Crippen molar-refractivity contribution in [1.82, 2.24) is 4.57 Å². The molecule has 0 N–H and O–H groups in total. The standard InChI is InChI=1S/C24H33NO4/c1-15-6-21(16(2)25(15)13-20-4-3-5-28-20)22(26)14-29-23(27)24-10-17-7-18(11-24)9-19(8-17)12-24/h6,17-20H,3-5,7-14H2,1-2H3/t17?,18?,19?,20-,24?/m1/s1. The molecule has 1 aromatic rings. The smallest absolute Gasteiger partial charge is 0.312 e. The lowest BCUT2D eigenvalue weighted by Crippen LogP contribution is -2.50. The lowest BCUT2D eigenvalue weighted by Gasteiger charge is -2.55. The molecule has 5 aliphatic rings. The quantitative estimate of drug-likeness (QED) is 0.531. The molecular formula is C24H33NO4. The molecule has 5 fully saturated rings. The van der Waals surface area contributed by atoms with Crippen molar-refractivity contribution in [2.75, 3.05) is 13.2 Å². The van der Waals surface area contributed by atoms with Crippen LogP contribution in [0.4, 0.5) is 0 Å². The van der Waals surface area contributed by atoms with Gasteiger partial charge in [0.25, 0.3) is 0 Å². The number of esters is 1. The summed E-state index contributed by atoms with van der Waals surface area (Å²) in [6, 6.07) is 1.94. The number of ketones is 1. The van der Waals surface area contributed by atoms with Gasteiger partial charge in [-0.15, -0.1) is 0 Å². The van der Waals surface area contributed by atoms with Gasteiger partial charge >= 0.3 is 5.97 Å². The number of aromatic nitrogens is 1. The second-order valence-electron chi connectivity index (χ2n) is 10.2. The maximum Gasteiger partial charge on any atom is 0.312 e. The zero-order chi connectivity index (χ0) is 20.2. The molecule has 4 bridgehead atoms. The van der Waals surface area contributed by atoms with Gasteiger partial charge < -0.3 is 14.0 Å². The van der Waals surface area contributed by atoms with Crippen molar-refractivity contribution in [1.29, 1.82) is 0 Å². The van der Waals surface area contributed by atoms with Gasteiger partial charge in [0.2, 0.25) is 5.78 Å². The maximum absolute atomic E-state index is 13.0. The number of hydrogen-bond acceptors (Lipinski definition) is 4. The Kier molecular flexibility index (Phi) is 4.84.